The van der Waals surface area contributed by atoms with Crippen LogP contribution in [0.1, 0.15) is 22.5 Å². The molecule has 2 rings (SSSR count). The van der Waals surface area contributed by atoms with Crippen molar-refractivity contribution in [1.82, 2.24) is 4.90 Å². The number of rotatable bonds is 2. The van der Waals surface area contributed by atoms with Crippen LogP contribution in [0.5, 0.6) is 0 Å². The first kappa shape index (κ1) is 12.6. The van der Waals surface area contributed by atoms with Gasteiger partial charge in [-0.1, -0.05) is 0 Å². The lowest BCUT2D eigenvalue weighted by atomic mass is 9.96. The Bertz CT molecular complexity index is 438. The Balaban J connectivity index is 1.97. The van der Waals surface area contributed by atoms with Gasteiger partial charge >= 0.3 is 0 Å². The molecule has 0 aromatic carbocycles. The molecule has 1 saturated heterocycles. The molecule has 17 heavy (non-hydrogen) atoms. The van der Waals surface area contributed by atoms with Gasteiger partial charge in [0.15, 0.2) is 0 Å². The minimum atomic E-state index is -0.254. The van der Waals surface area contributed by atoms with E-state index < -0.39 is 0 Å². The Hall–Kier alpha value is -0.880. The first-order chi connectivity index (χ1) is 8.08. The van der Waals surface area contributed by atoms with Crippen molar-refractivity contribution < 1.29 is 9.59 Å². The van der Waals surface area contributed by atoms with Crippen LogP contribution in [0.15, 0.2) is 15.9 Å². The number of nitrogens with two attached hydrogens (primary N) is 1. The maximum absolute atomic E-state index is 12.1. The molecule has 6 heteroatoms. The van der Waals surface area contributed by atoms with Crippen molar-refractivity contribution in [2.24, 2.45) is 11.7 Å². The predicted molar refractivity (Wildman–Crippen MR) is 69.8 cm³/mol. The molecule has 0 bridgehead atoms. The van der Waals surface area contributed by atoms with Crippen LogP contribution in [-0.2, 0) is 4.79 Å². The van der Waals surface area contributed by atoms with Crippen LogP contribution in [0.3, 0.4) is 0 Å². The molecule has 2 heterocycles. The summed E-state index contributed by atoms with van der Waals surface area (Å²) in [5.74, 6) is -0.284. The van der Waals surface area contributed by atoms with Crippen molar-refractivity contribution in [2.45, 2.75) is 12.8 Å². The van der Waals surface area contributed by atoms with E-state index in [-0.39, 0.29) is 17.7 Å². The SMILES string of the molecule is NC(=O)C1CCN(C(=O)c2ccc(Br)s2)CC1. The summed E-state index contributed by atoms with van der Waals surface area (Å²) in [6.45, 7) is 1.23. The van der Waals surface area contributed by atoms with E-state index in [0.717, 1.165) is 8.66 Å². The van der Waals surface area contributed by atoms with Crippen LogP contribution in [0.4, 0.5) is 0 Å². The van der Waals surface area contributed by atoms with Crippen molar-refractivity contribution in [1.29, 1.82) is 0 Å². The summed E-state index contributed by atoms with van der Waals surface area (Å²) in [4.78, 5) is 25.6. The van der Waals surface area contributed by atoms with Crippen LogP contribution in [0.25, 0.3) is 0 Å². The van der Waals surface area contributed by atoms with E-state index in [1.54, 1.807) is 4.90 Å². The zero-order valence-electron chi connectivity index (χ0n) is 9.19. The van der Waals surface area contributed by atoms with Crippen LogP contribution in [0, 0.1) is 5.92 Å². The number of nitrogens with zero attached hydrogens (tertiary/aromatic N) is 1. The fourth-order valence-electron chi connectivity index (χ4n) is 1.95. The second-order valence-corrected chi connectivity index (χ2v) is 6.54. The summed E-state index contributed by atoms with van der Waals surface area (Å²) in [5, 5.41) is 0. The summed E-state index contributed by atoms with van der Waals surface area (Å²) >= 11 is 4.77. The topological polar surface area (TPSA) is 63.4 Å². The lowest BCUT2D eigenvalue weighted by molar-refractivity contribution is -0.123. The predicted octanol–water partition coefficient (Wildman–Crippen LogP) is 1.85. The maximum Gasteiger partial charge on any atom is 0.263 e. The molecule has 0 spiro atoms. The van der Waals surface area contributed by atoms with E-state index in [9.17, 15) is 9.59 Å². The van der Waals surface area contributed by atoms with Crippen molar-refractivity contribution >= 4 is 39.1 Å². The molecule has 4 nitrogen and oxygen atoms in total. The van der Waals surface area contributed by atoms with Crippen molar-refractivity contribution in [3.63, 3.8) is 0 Å². The molecule has 1 aliphatic heterocycles. The Morgan fingerprint density at radius 3 is 2.47 bits per heavy atom. The number of amides is 2. The first-order valence-corrected chi connectivity index (χ1v) is 7.03. The first-order valence-electron chi connectivity index (χ1n) is 5.42. The summed E-state index contributed by atoms with van der Waals surface area (Å²) < 4.78 is 0.952. The number of halogens is 1. The van der Waals surface area contributed by atoms with Crippen LogP contribution in [0.2, 0.25) is 0 Å². The molecular weight excluding hydrogens is 304 g/mol. The molecule has 0 atom stereocenters. The van der Waals surface area contributed by atoms with Gasteiger partial charge < -0.3 is 10.6 Å². The van der Waals surface area contributed by atoms with E-state index in [1.165, 1.54) is 11.3 Å². The quantitative estimate of drug-likeness (QED) is 0.905. The number of likely N-dealkylation sites (tertiary alicyclic amines) is 1. The number of hydrogen-bond acceptors (Lipinski definition) is 3. The highest BCUT2D eigenvalue weighted by Crippen LogP contribution is 2.25. The van der Waals surface area contributed by atoms with Gasteiger partial charge in [-0.3, -0.25) is 9.59 Å². The Kier molecular flexibility index (Phi) is 3.83. The fraction of sp³-hybridized carbons (Fsp3) is 0.455. The molecular formula is C11H13BrN2O2S. The Morgan fingerprint density at radius 1 is 1.35 bits per heavy atom. The summed E-state index contributed by atoms with van der Waals surface area (Å²) in [5.41, 5.74) is 5.26. The number of primary amides is 1. The van der Waals surface area contributed by atoms with Gasteiger partial charge in [0.25, 0.3) is 5.91 Å². The molecule has 1 aromatic heterocycles. The van der Waals surface area contributed by atoms with Gasteiger partial charge in [-0.05, 0) is 40.9 Å². The van der Waals surface area contributed by atoms with Crippen molar-refractivity contribution in [2.75, 3.05) is 13.1 Å². The molecule has 0 radical (unpaired) electrons. The molecule has 2 amide bonds. The highest BCUT2D eigenvalue weighted by Gasteiger charge is 2.26. The molecule has 0 saturated carbocycles. The third-order valence-corrected chi connectivity index (χ3v) is 4.58. The number of piperidine rings is 1. The average Bonchev–Trinajstić information content (AvgIpc) is 2.75. The number of hydrogen-bond donors (Lipinski definition) is 1. The molecule has 1 fully saturated rings. The lowest BCUT2D eigenvalue weighted by Gasteiger charge is -2.30. The highest BCUT2D eigenvalue weighted by molar-refractivity contribution is 9.11. The van der Waals surface area contributed by atoms with Gasteiger partial charge in [0.1, 0.15) is 0 Å². The van der Waals surface area contributed by atoms with Crippen LogP contribution in [-0.4, -0.2) is 29.8 Å². The normalized spacial score (nSPS) is 17.1. The smallest absolute Gasteiger partial charge is 0.263 e. The second kappa shape index (κ2) is 5.18. The van der Waals surface area contributed by atoms with Gasteiger partial charge in [0, 0.05) is 19.0 Å². The molecule has 1 aliphatic rings. The van der Waals surface area contributed by atoms with Gasteiger partial charge in [-0.15, -0.1) is 11.3 Å². The summed E-state index contributed by atoms with van der Waals surface area (Å²) in [6, 6.07) is 3.69. The van der Waals surface area contributed by atoms with E-state index in [1.807, 2.05) is 12.1 Å². The van der Waals surface area contributed by atoms with E-state index >= 15 is 0 Å². The fourth-order valence-corrected chi connectivity index (χ4v) is 3.31. The third-order valence-electron chi connectivity index (χ3n) is 2.97. The highest BCUT2D eigenvalue weighted by atomic mass is 79.9. The van der Waals surface area contributed by atoms with E-state index in [4.69, 9.17) is 5.73 Å². The minimum absolute atomic E-state index is 0.0450. The van der Waals surface area contributed by atoms with Crippen LogP contribution >= 0.6 is 27.3 Å². The number of thiophene rings is 1. The van der Waals surface area contributed by atoms with Gasteiger partial charge in [-0.25, -0.2) is 0 Å². The average molecular weight is 317 g/mol. The van der Waals surface area contributed by atoms with Crippen LogP contribution < -0.4 is 5.73 Å². The standard InChI is InChI=1S/C11H13BrN2O2S/c12-9-2-1-8(17-9)11(16)14-5-3-7(4-6-14)10(13)15/h1-2,7H,3-6H2,(H2,13,15). The van der Waals surface area contributed by atoms with Crippen molar-refractivity contribution in [3.8, 4) is 0 Å². The largest absolute Gasteiger partial charge is 0.369 e. The van der Waals surface area contributed by atoms with Gasteiger partial charge in [0.2, 0.25) is 5.91 Å². The van der Waals surface area contributed by atoms with Crippen molar-refractivity contribution in [3.05, 3.63) is 20.8 Å². The molecule has 92 valence electrons. The number of carbonyl (C=O) groups is 2. The molecule has 0 aliphatic carbocycles. The monoisotopic (exact) mass is 316 g/mol. The van der Waals surface area contributed by atoms with E-state index in [2.05, 4.69) is 15.9 Å². The number of carbonyl (C=O) groups excluding carboxylic acids is 2. The lowest BCUT2D eigenvalue weighted by Crippen LogP contribution is -2.41. The maximum atomic E-state index is 12.1. The molecule has 1 aromatic rings. The molecule has 0 unspecified atom stereocenters. The zero-order chi connectivity index (χ0) is 12.4. The summed E-state index contributed by atoms with van der Waals surface area (Å²) in [6.07, 6.45) is 1.35. The van der Waals surface area contributed by atoms with E-state index in [0.29, 0.717) is 25.9 Å². The third kappa shape index (κ3) is 2.87. The molecule has 2 N–H and O–H groups in total. The Morgan fingerprint density at radius 2 is 2.00 bits per heavy atom. The zero-order valence-corrected chi connectivity index (χ0v) is 11.6. The van der Waals surface area contributed by atoms with Gasteiger partial charge in [0.05, 0.1) is 8.66 Å². The summed E-state index contributed by atoms with van der Waals surface area (Å²) in [7, 11) is 0. The van der Waals surface area contributed by atoms with Gasteiger partial charge in [-0.2, -0.15) is 0 Å². The second-order valence-electron chi connectivity index (χ2n) is 4.07. The Labute approximate surface area is 112 Å². The minimum Gasteiger partial charge on any atom is -0.369 e.